The lowest BCUT2D eigenvalue weighted by Gasteiger charge is -2.37. The molecule has 0 aliphatic rings. The summed E-state index contributed by atoms with van der Waals surface area (Å²) in [5.74, 6) is 0. The number of likely N-dealkylation sites (N-methyl/N-ethyl adjacent to an activating group) is 5. The van der Waals surface area contributed by atoms with E-state index in [4.69, 9.17) is 0 Å². The highest BCUT2D eigenvalue weighted by molar-refractivity contribution is 4.76. The number of quaternary nitrogens is 5. The summed E-state index contributed by atoms with van der Waals surface area (Å²) in [6.07, 6.45) is -1.63. The van der Waals surface area contributed by atoms with Gasteiger partial charge in [-0.05, 0) is 6.42 Å². The highest BCUT2D eigenvalue weighted by Crippen LogP contribution is 2.09. The van der Waals surface area contributed by atoms with Gasteiger partial charge in [0.2, 0.25) is 0 Å². The molecule has 5 unspecified atom stereocenters. The predicted molar refractivity (Wildman–Crippen MR) is 203 cm³/mol. The van der Waals surface area contributed by atoms with Crippen molar-refractivity contribution in [2.24, 2.45) is 0 Å². The Morgan fingerprint density at radius 1 is 0.367 bits per heavy atom. The molecular formula is C36H87N8O5+5. The number of rotatable bonds is 28. The van der Waals surface area contributed by atoms with Gasteiger partial charge in [0, 0.05) is 58.9 Å². The third kappa shape index (κ3) is 28.7. The Hall–Kier alpha value is -0.520. The van der Waals surface area contributed by atoms with Crippen LogP contribution in [0.15, 0.2) is 0 Å². The average Bonchev–Trinajstić information content (AvgIpc) is 2.79. The fourth-order valence-corrected chi connectivity index (χ4v) is 6.95. The summed E-state index contributed by atoms with van der Waals surface area (Å²) in [7, 11) is 29.2. The lowest BCUT2D eigenvalue weighted by atomic mass is 10.2. The fraction of sp³-hybridized carbons (Fsp3) is 1.00. The van der Waals surface area contributed by atoms with Gasteiger partial charge < -0.3 is 47.9 Å². The molecule has 0 saturated carbocycles. The molecular weight excluding hydrogens is 624 g/mol. The van der Waals surface area contributed by atoms with E-state index in [0.717, 1.165) is 17.4 Å². The molecule has 0 bridgehead atoms. The van der Waals surface area contributed by atoms with E-state index >= 15 is 0 Å². The van der Waals surface area contributed by atoms with Crippen LogP contribution >= 0.6 is 0 Å². The van der Waals surface area contributed by atoms with Gasteiger partial charge in [-0.25, -0.2) is 0 Å². The van der Waals surface area contributed by atoms with Crippen LogP contribution < -0.4 is 0 Å². The van der Waals surface area contributed by atoms with E-state index < -0.39 is 30.5 Å². The van der Waals surface area contributed by atoms with Crippen molar-refractivity contribution < 1.29 is 47.9 Å². The molecule has 0 aliphatic heterocycles. The second-order valence-electron chi connectivity index (χ2n) is 19.8. The Balaban J connectivity index is 6.09. The molecule has 0 aromatic carbocycles. The topological polar surface area (TPSA) is 111 Å². The monoisotopic (exact) mass is 712 g/mol. The molecule has 0 aliphatic carbocycles. The van der Waals surface area contributed by atoms with Crippen LogP contribution in [0.5, 0.6) is 0 Å². The van der Waals surface area contributed by atoms with Crippen LogP contribution in [0, 0.1) is 0 Å². The maximum atomic E-state index is 11.2. The van der Waals surface area contributed by atoms with Crippen LogP contribution in [0.4, 0.5) is 0 Å². The zero-order valence-corrected chi connectivity index (χ0v) is 35.0. The Labute approximate surface area is 303 Å². The van der Waals surface area contributed by atoms with Crippen molar-refractivity contribution >= 4 is 0 Å². The van der Waals surface area contributed by atoms with E-state index in [1.54, 1.807) is 0 Å². The van der Waals surface area contributed by atoms with Gasteiger partial charge >= 0.3 is 0 Å². The Morgan fingerprint density at radius 2 is 0.592 bits per heavy atom. The minimum Gasteiger partial charge on any atom is -0.386 e. The molecule has 0 saturated heterocycles. The Kier molecular flexibility index (Phi) is 21.0. The minimum atomic E-state index is -0.538. The van der Waals surface area contributed by atoms with Crippen molar-refractivity contribution in [3.63, 3.8) is 0 Å². The molecule has 49 heavy (non-hydrogen) atoms. The van der Waals surface area contributed by atoms with E-state index in [1.807, 2.05) is 0 Å². The van der Waals surface area contributed by atoms with Crippen LogP contribution in [0.3, 0.4) is 0 Å². The average molecular weight is 712 g/mol. The minimum absolute atomic E-state index is 0.459. The molecule has 0 fully saturated rings. The first-order valence-corrected chi connectivity index (χ1v) is 18.6. The normalized spacial score (nSPS) is 17.2. The predicted octanol–water partition coefficient (Wildman–Crippen LogP) is -1.99. The molecule has 5 atom stereocenters. The number of hydrogen-bond donors (Lipinski definition) is 5. The van der Waals surface area contributed by atoms with E-state index in [0.29, 0.717) is 110 Å². The van der Waals surface area contributed by atoms with Gasteiger partial charge in [-0.1, -0.05) is 6.92 Å². The van der Waals surface area contributed by atoms with Gasteiger partial charge in [-0.15, -0.1) is 0 Å². The number of hydrogen-bond acceptors (Lipinski definition) is 8. The molecule has 0 heterocycles. The van der Waals surface area contributed by atoms with E-state index in [9.17, 15) is 25.5 Å². The summed E-state index contributed by atoms with van der Waals surface area (Å²) in [6.45, 7) is 11.1. The van der Waals surface area contributed by atoms with Crippen LogP contribution in [-0.2, 0) is 0 Å². The maximum Gasteiger partial charge on any atom is 0.115 e. The van der Waals surface area contributed by atoms with Crippen LogP contribution in [0.25, 0.3) is 0 Å². The Bertz CT molecular complexity index is 845. The zero-order chi connectivity index (χ0) is 38.4. The summed E-state index contributed by atoms with van der Waals surface area (Å²) in [5, 5.41) is 55.5. The third-order valence-electron chi connectivity index (χ3n) is 8.38. The zero-order valence-electron chi connectivity index (χ0n) is 35.0. The van der Waals surface area contributed by atoms with Crippen molar-refractivity contribution in [2.75, 3.05) is 197 Å². The number of nitrogens with zero attached hydrogens (tertiary/aromatic N) is 8. The molecule has 0 aromatic heterocycles. The van der Waals surface area contributed by atoms with Gasteiger partial charge in [0.1, 0.15) is 63.2 Å². The first-order chi connectivity index (χ1) is 22.0. The second-order valence-corrected chi connectivity index (χ2v) is 19.8. The standard InChI is InChI=1S/C36H87N8O5/c1-16-21-44(14,15)31-36(49)26-39(25-35(48)30-43(11,12)13)20-18-37(22-32(45)27-40(2,3)4)17-19-38(23-33(46)28-41(5,6)7)24-34(47)29-42(8,9)10/h32-36,45-49H,16-31H2,1-15H3/q+5. The SMILES string of the molecule is CCC[N+](C)(C)CC(O)CN(CCN(CCN(CC(O)C[N+](C)(C)C)CC(O)C[N+](C)(C)C)CC(O)C[N+](C)(C)C)CC(O)C[N+](C)(C)C. The summed E-state index contributed by atoms with van der Waals surface area (Å²) in [6, 6.07) is 0. The van der Waals surface area contributed by atoms with Gasteiger partial charge in [-0.2, -0.15) is 0 Å². The van der Waals surface area contributed by atoms with E-state index in [-0.39, 0.29) is 0 Å². The lowest BCUT2D eigenvalue weighted by Crippen LogP contribution is -2.53. The first kappa shape index (κ1) is 48.5. The second kappa shape index (κ2) is 21.2. The fourth-order valence-electron chi connectivity index (χ4n) is 6.95. The molecule has 296 valence electrons. The van der Waals surface area contributed by atoms with Crippen molar-refractivity contribution in [3.8, 4) is 0 Å². The summed E-state index contributed by atoms with van der Waals surface area (Å²) in [5.41, 5.74) is 0. The van der Waals surface area contributed by atoms with Crippen LogP contribution in [-0.4, -0.2) is 290 Å². The smallest absolute Gasteiger partial charge is 0.115 e. The van der Waals surface area contributed by atoms with Crippen molar-refractivity contribution in [1.29, 1.82) is 0 Å². The highest BCUT2D eigenvalue weighted by Gasteiger charge is 2.28. The van der Waals surface area contributed by atoms with Gasteiger partial charge in [0.15, 0.2) is 0 Å². The van der Waals surface area contributed by atoms with Crippen molar-refractivity contribution in [1.82, 2.24) is 14.7 Å². The first-order valence-electron chi connectivity index (χ1n) is 18.6. The molecule has 0 amide bonds. The number of aliphatic hydroxyl groups is 5. The molecule has 0 radical (unpaired) electrons. The van der Waals surface area contributed by atoms with Gasteiger partial charge in [0.05, 0.1) is 105 Å². The summed E-state index contributed by atoms with van der Waals surface area (Å²) in [4.78, 5) is 6.62. The molecule has 0 spiro atoms. The van der Waals surface area contributed by atoms with Crippen molar-refractivity contribution in [2.45, 2.75) is 43.9 Å². The summed E-state index contributed by atoms with van der Waals surface area (Å²) < 4.78 is 3.34. The number of aliphatic hydroxyl groups excluding tert-OH is 5. The molecule has 0 aromatic rings. The lowest BCUT2D eigenvalue weighted by molar-refractivity contribution is -0.893. The van der Waals surface area contributed by atoms with Crippen LogP contribution in [0.1, 0.15) is 13.3 Å². The quantitative estimate of drug-likeness (QED) is 0.0595. The highest BCUT2D eigenvalue weighted by atomic mass is 16.3. The van der Waals surface area contributed by atoms with Crippen molar-refractivity contribution in [3.05, 3.63) is 0 Å². The van der Waals surface area contributed by atoms with E-state index in [2.05, 4.69) is 120 Å². The Morgan fingerprint density at radius 3 is 0.837 bits per heavy atom. The molecule has 0 rings (SSSR count). The van der Waals surface area contributed by atoms with Crippen LogP contribution in [0.2, 0.25) is 0 Å². The van der Waals surface area contributed by atoms with Gasteiger partial charge in [-0.3, -0.25) is 14.7 Å². The molecule has 13 nitrogen and oxygen atoms in total. The third-order valence-corrected chi connectivity index (χ3v) is 8.38. The molecule has 13 heteroatoms. The molecule has 5 N–H and O–H groups in total. The maximum absolute atomic E-state index is 11.2. The largest absolute Gasteiger partial charge is 0.386 e. The van der Waals surface area contributed by atoms with Gasteiger partial charge in [0.25, 0.3) is 0 Å². The van der Waals surface area contributed by atoms with E-state index in [1.165, 1.54) is 0 Å². The summed E-state index contributed by atoms with van der Waals surface area (Å²) >= 11 is 0.